The summed E-state index contributed by atoms with van der Waals surface area (Å²) in [5, 5.41) is 7.10. The maximum Gasteiger partial charge on any atom is 0.239 e. The Hall–Kier alpha value is -1.43. The summed E-state index contributed by atoms with van der Waals surface area (Å²) in [4.78, 5) is 17.7. The van der Waals surface area contributed by atoms with Gasteiger partial charge in [0.2, 0.25) is 5.91 Å². The van der Waals surface area contributed by atoms with Crippen LogP contribution in [0.1, 0.15) is 12.7 Å². The van der Waals surface area contributed by atoms with Gasteiger partial charge >= 0.3 is 0 Å². The van der Waals surface area contributed by atoms with Crippen LogP contribution in [-0.4, -0.2) is 44.7 Å². The second-order valence-corrected chi connectivity index (χ2v) is 3.74. The van der Waals surface area contributed by atoms with Crippen molar-refractivity contribution in [3.05, 3.63) is 12.2 Å². The van der Waals surface area contributed by atoms with Crippen LogP contribution in [0.2, 0.25) is 0 Å². The zero-order valence-electron chi connectivity index (χ0n) is 8.97. The van der Waals surface area contributed by atoms with Crippen molar-refractivity contribution in [1.29, 1.82) is 0 Å². The number of amides is 1. The summed E-state index contributed by atoms with van der Waals surface area (Å²) >= 11 is 0. The zero-order chi connectivity index (χ0) is 10.8. The van der Waals surface area contributed by atoms with E-state index in [2.05, 4.69) is 15.4 Å². The third kappa shape index (κ3) is 1.99. The SMILES string of the molecule is CC1NCCN(Cc2ncnn2C)C1=O. The van der Waals surface area contributed by atoms with E-state index in [1.807, 2.05) is 18.9 Å². The highest BCUT2D eigenvalue weighted by Crippen LogP contribution is 2.05. The number of nitrogens with one attached hydrogen (secondary N) is 1. The van der Waals surface area contributed by atoms with Crippen molar-refractivity contribution < 1.29 is 4.79 Å². The minimum atomic E-state index is -0.0908. The summed E-state index contributed by atoms with van der Waals surface area (Å²) < 4.78 is 1.69. The van der Waals surface area contributed by atoms with Crippen molar-refractivity contribution >= 4 is 5.91 Å². The Labute approximate surface area is 88.3 Å². The molecule has 0 radical (unpaired) electrons. The Kier molecular flexibility index (Phi) is 2.68. The molecule has 1 atom stereocenters. The average Bonchev–Trinajstić information content (AvgIpc) is 2.60. The lowest BCUT2D eigenvalue weighted by atomic mass is 10.2. The minimum Gasteiger partial charge on any atom is -0.333 e. The van der Waals surface area contributed by atoms with E-state index in [9.17, 15) is 4.79 Å². The van der Waals surface area contributed by atoms with Crippen LogP contribution < -0.4 is 5.32 Å². The average molecular weight is 209 g/mol. The van der Waals surface area contributed by atoms with E-state index in [1.54, 1.807) is 4.68 Å². The minimum absolute atomic E-state index is 0.0908. The molecule has 6 heteroatoms. The molecule has 1 aromatic rings. The molecular weight excluding hydrogens is 194 g/mol. The summed E-state index contributed by atoms with van der Waals surface area (Å²) in [5.74, 6) is 0.946. The molecule has 0 bridgehead atoms. The lowest BCUT2D eigenvalue weighted by Crippen LogP contribution is -2.53. The second kappa shape index (κ2) is 3.98. The molecule has 6 nitrogen and oxygen atoms in total. The van der Waals surface area contributed by atoms with Crippen molar-refractivity contribution in [2.45, 2.75) is 19.5 Å². The predicted molar refractivity (Wildman–Crippen MR) is 53.9 cm³/mol. The van der Waals surface area contributed by atoms with Gasteiger partial charge in [-0.1, -0.05) is 0 Å². The first-order chi connectivity index (χ1) is 7.18. The molecule has 1 N–H and O–H groups in total. The molecule has 2 heterocycles. The van der Waals surface area contributed by atoms with Crippen LogP contribution in [0.15, 0.2) is 6.33 Å². The monoisotopic (exact) mass is 209 g/mol. The fraction of sp³-hybridized carbons (Fsp3) is 0.667. The summed E-state index contributed by atoms with van der Waals surface area (Å²) in [6, 6.07) is -0.0908. The molecule has 1 fully saturated rings. The van der Waals surface area contributed by atoms with E-state index >= 15 is 0 Å². The van der Waals surface area contributed by atoms with Crippen LogP contribution in [0.25, 0.3) is 0 Å². The Balaban J connectivity index is 2.05. The quantitative estimate of drug-likeness (QED) is 0.688. The Morgan fingerprint density at radius 3 is 3.13 bits per heavy atom. The largest absolute Gasteiger partial charge is 0.333 e. The van der Waals surface area contributed by atoms with Crippen molar-refractivity contribution in [2.24, 2.45) is 7.05 Å². The van der Waals surface area contributed by atoms with E-state index < -0.39 is 0 Å². The topological polar surface area (TPSA) is 63.0 Å². The molecule has 2 rings (SSSR count). The van der Waals surface area contributed by atoms with Crippen LogP contribution in [0, 0.1) is 0 Å². The van der Waals surface area contributed by atoms with Crippen LogP contribution in [0.5, 0.6) is 0 Å². The van der Waals surface area contributed by atoms with E-state index in [-0.39, 0.29) is 11.9 Å². The van der Waals surface area contributed by atoms with E-state index in [0.717, 1.165) is 18.9 Å². The van der Waals surface area contributed by atoms with Gasteiger partial charge in [-0.15, -0.1) is 0 Å². The molecule has 1 aliphatic rings. The molecule has 15 heavy (non-hydrogen) atoms. The molecule has 1 aliphatic heterocycles. The number of rotatable bonds is 2. The predicted octanol–water partition coefficient (Wildman–Crippen LogP) is -0.865. The molecule has 0 aromatic carbocycles. The Bertz CT molecular complexity index is 361. The summed E-state index contributed by atoms with van der Waals surface area (Å²) in [7, 11) is 1.83. The van der Waals surface area contributed by atoms with Gasteiger partial charge in [0.1, 0.15) is 12.2 Å². The molecule has 1 amide bonds. The van der Waals surface area contributed by atoms with Gasteiger partial charge in [0, 0.05) is 20.1 Å². The number of carbonyl (C=O) groups is 1. The maximum atomic E-state index is 11.8. The molecule has 1 saturated heterocycles. The normalized spacial score (nSPS) is 22.1. The molecular formula is C9H15N5O. The smallest absolute Gasteiger partial charge is 0.239 e. The number of aryl methyl sites for hydroxylation is 1. The van der Waals surface area contributed by atoms with Crippen LogP contribution in [0.4, 0.5) is 0 Å². The first-order valence-corrected chi connectivity index (χ1v) is 5.03. The van der Waals surface area contributed by atoms with Gasteiger partial charge in [0.15, 0.2) is 0 Å². The molecule has 82 valence electrons. The number of nitrogens with zero attached hydrogens (tertiary/aromatic N) is 4. The molecule has 0 saturated carbocycles. The fourth-order valence-electron chi connectivity index (χ4n) is 1.68. The van der Waals surface area contributed by atoms with E-state index in [1.165, 1.54) is 6.33 Å². The summed E-state index contributed by atoms with van der Waals surface area (Å²) in [6.45, 7) is 3.99. The molecule has 1 unspecified atom stereocenters. The van der Waals surface area contributed by atoms with Gasteiger partial charge in [0.25, 0.3) is 0 Å². The lowest BCUT2D eigenvalue weighted by Gasteiger charge is -2.30. The first kappa shape index (κ1) is 10.1. The van der Waals surface area contributed by atoms with Crippen LogP contribution >= 0.6 is 0 Å². The second-order valence-electron chi connectivity index (χ2n) is 3.74. The summed E-state index contributed by atoms with van der Waals surface area (Å²) in [6.07, 6.45) is 1.51. The van der Waals surface area contributed by atoms with Crippen molar-refractivity contribution in [2.75, 3.05) is 13.1 Å². The van der Waals surface area contributed by atoms with Crippen molar-refractivity contribution in [3.63, 3.8) is 0 Å². The number of aromatic nitrogens is 3. The van der Waals surface area contributed by atoms with E-state index in [0.29, 0.717) is 6.54 Å². The number of hydrogen-bond acceptors (Lipinski definition) is 4. The molecule has 1 aromatic heterocycles. The van der Waals surface area contributed by atoms with Gasteiger partial charge < -0.3 is 10.2 Å². The summed E-state index contributed by atoms with van der Waals surface area (Å²) in [5.41, 5.74) is 0. The number of carbonyl (C=O) groups excluding carboxylic acids is 1. The van der Waals surface area contributed by atoms with Gasteiger partial charge in [-0.3, -0.25) is 9.48 Å². The molecule has 0 aliphatic carbocycles. The third-order valence-corrected chi connectivity index (χ3v) is 2.65. The van der Waals surface area contributed by atoms with Gasteiger partial charge in [0.05, 0.1) is 12.6 Å². The number of hydrogen-bond donors (Lipinski definition) is 1. The van der Waals surface area contributed by atoms with E-state index in [4.69, 9.17) is 0 Å². The highest BCUT2D eigenvalue weighted by molar-refractivity contribution is 5.82. The Morgan fingerprint density at radius 2 is 2.47 bits per heavy atom. The van der Waals surface area contributed by atoms with Crippen molar-refractivity contribution in [1.82, 2.24) is 25.0 Å². The lowest BCUT2D eigenvalue weighted by molar-refractivity contribution is -0.135. The zero-order valence-corrected chi connectivity index (χ0v) is 8.97. The van der Waals surface area contributed by atoms with Gasteiger partial charge in [-0.05, 0) is 6.92 Å². The van der Waals surface area contributed by atoms with Gasteiger partial charge in [-0.25, -0.2) is 4.98 Å². The van der Waals surface area contributed by atoms with Gasteiger partial charge in [-0.2, -0.15) is 5.10 Å². The number of piperazine rings is 1. The highest BCUT2D eigenvalue weighted by atomic mass is 16.2. The van der Waals surface area contributed by atoms with Crippen molar-refractivity contribution in [3.8, 4) is 0 Å². The third-order valence-electron chi connectivity index (χ3n) is 2.65. The Morgan fingerprint density at radius 1 is 1.67 bits per heavy atom. The standard InChI is InChI=1S/C9H15N5O/c1-7-9(15)14(4-3-10-7)5-8-11-6-12-13(8)2/h6-7,10H,3-5H2,1-2H3. The molecule has 0 spiro atoms. The van der Waals surface area contributed by atoms with Crippen LogP contribution in [0.3, 0.4) is 0 Å². The highest BCUT2D eigenvalue weighted by Gasteiger charge is 2.25. The van der Waals surface area contributed by atoms with Crippen LogP contribution in [-0.2, 0) is 18.4 Å². The first-order valence-electron chi connectivity index (χ1n) is 5.03. The fourth-order valence-corrected chi connectivity index (χ4v) is 1.68. The maximum absolute atomic E-state index is 11.8.